The highest BCUT2D eigenvalue weighted by molar-refractivity contribution is 7.09. The van der Waals surface area contributed by atoms with Crippen LogP contribution >= 0.6 is 11.3 Å². The van der Waals surface area contributed by atoms with Crippen molar-refractivity contribution in [2.45, 2.75) is 44.9 Å². The zero-order valence-corrected chi connectivity index (χ0v) is 23.2. The van der Waals surface area contributed by atoms with Crippen molar-refractivity contribution < 1.29 is 23.7 Å². The molecule has 0 saturated carbocycles. The van der Waals surface area contributed by atoms with Gasteiger partial charge in [0.2, 0.25) is 6.79 Å². The van der Waals surface area contributed by atoms with Gasteiger partial charge in [-0.25, -0.2) is 9.97 Å². The van der Waals surface area contributed by atoms with Gasteiger partial charge in [0.1, 0.15) is 5.82 Å². The van der Waals surface area contributed by atoms with E-state index in [2.05, 4.69) is 32.7 Å². The van der Waals surface area contributed by atoms with Crippen molar-refractivity contribution in [2.24, 2.45) is 0 Å². The molecule has 1 saturated heterocycles. The van der Waals surface area contributed by atoms with E-state index in [4.69, 9.17) is 23.9 Å². The number of carbonyl (C=O) groups is 1. The van der Waals surface area contributed by atoms with Crippen molar-refractivity contribution in [3.05, 3.63) is 58.2 Å². The molecule has 0 spiro atoms. The minimum Gasteiger partial charge on any atom is -0.466 e. The van der Waals surface area contributed by atoms with Crippen LogP contribution < -0.4 is 19.7 Å². The fraction of sp³-hybridized carbons (Fsp3) is 0.483. The number of hydrogen-bond acceptors (Lipinski definition) is 10. The number of rotatable bonds is 13. The van der Waals surface area contributed by atoms with Gasteiger partial charge in [-0.3, -0.25) is 4.79 Å². The average Bonchev–Trinajstić information content (AvgIpc) is 3.62. The lowest BCUT2D eigenvalue weighted by atomic mass is 9.91. The van der Waals surface area contributed by atoms with Crippen LogP contribution in [0, 0.1) is 0 Å². The van der Waals surface area contributed by atoms with Crippen molar-refractivity contribution in [1.82, 2.24) is 9.97 Å². The number of pyridine rings is 1. The van der Waals surface area contributed by atoms with Crippen LogP contribution in [0.25, 0.3) is 0 Å². The molecule has 39 heavy (non-hydrogen) atoms. The number of benzene rings is 1. The van der Waals surface area contributed by atoms with Gasteiger partial charge in [0.05, 0.1) is 36.9 Å². The molecule has 1 atom stereocenters. The standard InChI is InChI=1S/C29H36N4O5S/c1-2-36-29(34)17-22(21-6-7-25-26(16-21)38-20-37-25)15-23-19-39-28(32-23)5-3-4-9-30-27-18-24(8-10-31-27)33-11-13-35-14-12-33/h6-8,10,16,18-19,22H,2-5,9,11-15,17,20H2,1H3,(H,30,31)/t22-/m0/s1. The van der Waals surface area contributed by atoms with Gasteiger partial charge in [0.15, 0.2) is 11.5 Å². The summed E-state index contributed by atoms with van der Waals surface area (Å²) in [4.78, 5) is 24.0. The van der Waals surface area contributed by atoms with E-state index in [-0.39, 0.29) is 18.7 Å². The molecule has 0 amide bonds. The molecule has 2 aliphatic heterocycles. The number of esters is 1. The first-order chi connectivity index (χ1) is 19.2. The number of morpholine rings is 1. The lowest BCUT2D eigenvalue weighted by Gasteiger charge is -2.29. The Morgan fingerprint density at radius 3 is 2.90 bits per heavy atom. The highest BCUT2D eigenvalue weighted by atomic mass is 32.1. The van der Waals surface area contributed by atoms with E-state index < -0.39 is 0 Å². The number of thiazole rings is 1. The Labute approximate surface area is 233 Å². The molecule has 10 heteroatoms. The number of aryl methyl sites for hydroxylation is 1. The van der Waals surface area contributed by atoms with Crippen LogP contribution in [0.5, 0.6) is 11.5 Å². The maximum absolute atomic E-state index is 12.3. The summed E-state index contributed by atoms with van der Waals surface area (Å²) in [5.41, 5.74) is 3.22. The summed E-state index contributed by atoms with van der Waals surface area (Å²) in [7, 11) is 0. The Balaban J connectivity index is 1.10. The number of aromatic nitrogens is 2. The number of anilines is 2. The first-order valence-electron chi connectivity index (χ1n) is 13.7. The Kier molecular flexibility index (Phi) is 9.50. The summed E-state index contributed by atoms with van der Waals surface area (Å²) in [6.45, 7) is 6.67. The molecule has 0 unspecified atom stereocenters. The zero-order valence-electron chi connectivity index (χ0n) is 22.4. The number of unbranched alkanes of at least 4 members (excludes halogenated alkanes) is 1. The summed E-state index contributed by atoms with van der Waals surface area (Å²) in [5, 5.41) is 6.69. The maximum Gasteiger partial charge on any atom is 0.306 e. The second-order valence-corrected chi connectivity index (χ2v) is 10.6. The van der Waals surface area contributed by atoms with Crippen molar-refractivity contribution in [3.63, 3.8) is 0 Å². The van der Waals surface area contributed by atoms with Crippen molar-refractivity contribution in [3.8, 4) is 11.5 Å². The van der Waals surface area contributed by atoms with Crippen molar-refractivity contribution in [1.29, 1.82) is 0 Å². The Morgan fingerprint density at radius 2 is 2.03 bits per heavy atom. The number of nitrogens with zero attached hydrogens (tertiary/aromatic N) is 3. The van der Waals surface area contributed by atoms with E-state index >= 15 is 0 Å². The molecule has 1 aromatic carbocycles. The topological polar surface area (TPSA) is 95.0 Å². The second kappa shape index (κ2) is 13.6. The predicted octanol–water partition coefficient (Wildman–Crippen LogP) is 4.82. The number of hydrogen-bond donors (Lipinski definition) is 1. The minimum absolute atomic E-state index is 0.0431. The summed E-state index contributed by atoms with van der Waals surface area (Å²) < 4.78 is 21.7. The molecule has 2 aliphatic rings. The third kappa shape index (κ3) is 7.60. The molecule has 9 nitrogen and oxygen atoms in total. The molecule has 0 bridgehead atoms. The lowest BCUT2D eigenvalue weighted by Crippen LogP contribution is -2.36. The second-order valence-electron chi connectivity index (χ2n) is 9.64. The lowest BCUT2D eigenvalue weighted by molar-refractivity contribution is -0.143. The fourth-order valence-corrected chi connectivity index (χ4v) is 5.71. The van der Waals surface area contributed by atoms with Crippen molar-refractivity contribution >= 4 is 28.8 Å². The summed E-state index contributed by atoms with van der Waals surface area (Å²) >= 11 is 1.69. The van der Waals surface area contributed by atoms with Crippen LogP contribution in [-0.2, 0) is 27.1 Å². The minimum atomic E-state index is -0.201. The van der Waals surface area contributed by atoms with Gasteiger partial charge >= 0.3 is 5.97 Å². The van der Waals surface area contributed by atoms with Gasteiger partial charge < -0.3 is 29.2 Å². The molecule has 1 N–H and O–H groups in total. The number of fused-ring (bicyclic) bond motifs is 1. The predicted molar refractivity (Wildman–Crippen MR) is 151 cm³/mol. The van der Waals surface area contributed by atoms with E-state index in [1.54, 1.807) is 11.3 Å². The number of nitrogens with one attached hydrogen (secondary N) is 1. The third-order valence-electron chi connectivity index (χ3n) is 6.88. The summed E-state index contributed by atoms with van der Waals surface area (Å²) in [5.74, 6) is 2.12. The molecule has 0 aliphatic carbocycles. The van der Waals surface area contributed by atoms with Gasteiger partial charge in [0, 0.05) is 48.9 Å². The highest BCUT2D eigenvalue weighted by Gasteiger charge is 2.22. The molecule has 2 aromatic heterocycles. The van der Waals surface area contributed by atoms with Gasteiger partial charge in [0.25, 0.3) is 0 Å². The quantitative estimate of drug-likeness (QED) is 0.237. The van der Waals surface area contributed by atoms with E-state index in [1.165, 1.54) is 5.69 Å². The average molecular weight is 553 g/mol. The van der Waals surface area contributed by atoms with Gasteiger partial charge in [-0.05, 0) is 56.4 Å². The van der Waals surface area contributed by atoms with Crippen LogP contribution in [0.2, 0.25) is 0 Å². The Bertz CT molecular complexity index is 1230. The zero-order chi connectivity index (χ0) is 26.9. The molecule has 3 aromatic rings. The van der Waals surface area contributed by atoms with Crippen LogP contribution in [0.3, 0.4) is 0 Å². The van der Waals surface area contributed by atoms with Crippen LogP contribution in [0.1, 0.15) is 48.4 Å². The summed E-state index contributed by atoms with van der Waals surface area (Å²) in [6, 6.07) is 10.1. The summed E-state index contributed by atoms with van der Waals surface area (Å²) in [6.07, 6.45) is 5.83. The number of ether oxygens (including phenoxy) is 4. The fourth-order valence-electron chi connectivity index (χ4n) is 4.86. The van der Waals surface area contributed by atoms with Crippen LogP contribution in [-0.4, -0.2) is 62.2 Å². The van der Waals surface area contributed by atoms with Gasteiger partial charge in [-0.15, -0.1) is 11.3 Å². The van der Waals surface area contributed by atoms with E-state index in [0.29, 0.717) is 19.4 Å². The Hall–Kier alpha value is -3.37. The SMILES string of the molecule is CCOC(=O)C[C@H](Cc1csc(CCCCNc2cc(N3CCOCC3)ccn2)n1)c1ccc2c(c1)OCO2. The molecular formula is C29H36N4O5S. The van der Waals surface area contributed by atoms with Gasteiger partial charge in [-0.1, -0.05) is 6.07 Å². The van der Waals surface area contributed by atoms with E-state index in [1.807, 2.05) is 31.3 Å². The molecule has 4 heterocycles. The number of carbonyl (C=O) groups excluding carboxylic acids is 1. The molecule has 5 rings (SSSR count). The van der Waals surface area contributed by atoms with Gasteiger partial charge in [-0.2, -0.15) is 0 Å². The maximum atomic E-state index is 12.3. The smallest absolute Gasteiger partial charge is 0.306 e. The first kappa shape index (κ1) is 27.2. The molecule has 1 fully saturated rings. The monoisotopic (exact) mass is 552 g/mol. The third-order valence-corrected chi connectivity index (χ3v) is 7.84. The normalized spacial score (nSPS) is 15.3. The molecular weight excluding hydrogens is 516 g/mol. The Morgan fingerprint density at radius 1 is 1.15 bits per heavy atom. The molecule has 208 valence electrons. The van der Waals surface area contributed by atoms with Crippen molar-refractivity contribution in [2.75, 3.05) is 56.5 Å². The van der Waals surface area contributed by atoms with E-state index in [0.717, 1.165) is 85.7 Å². The highest BCUT2D eigenvalue weighted by Crippen LogP contribution is 2.36. The largest absolute Gasteiger partial charge is 0.466 e. The van der Waals surface area contributed by atoms with Crippen LogP contribution in [0.15, 0.2) is 41.9 Å². The van der Waals surface area contributed by atoms with E-state index in [9.17, 15) is 4.79 Å². The molecule has 0 radical (unpaired) electrons. The van der Waals surface area contributed by atoms with Crippen LogP contribution in [0.4, 0.5) is 11.5 Å². The first-order valence-corrected chi connectivity index (χ1v) is 14.6.